The van der Waals surface area contributed by atoms with Crippen LogP contribution in [-0.4, -0.2) is 41.2 Å². The molecule has 0 unspecified atom stereocenters. The maximum atomic E-state index is 12.4. The summed E-state index contributed by atoms with van der Waals surface area (Å²) in [6, 6.07) is 15.7. The molecule has 0 aliphatic heterocycles. The number of fused-ring (bicyclic) bond motifs is 1. The molecule has 0 bridgehead atoms. The molecule has 5 rings (SSSR count). The molecular formula is C21H15F2N7O2. The van der Waals surface area contributed by atoms with Crippen LogP contribution >= 0.6 is 0 Å². The summed E-state index contributed by atoms with van der Waals surface area (Å²) in [7, 11) is 0. The number of para-hydroxylation sites is 1. The number of halogens is 2. The number of alkyl halides is 2. The Bertz CT molecular complexity index is 1340. The number of hydrogen-bond donors (Lipinski definition) is 0. The van der Waals surface area contributed by atoms with Gasteiger partial charge in [-0.1, -0.05) is 23.4 Å². The lowest BCUT2D eigenvalue weighted by atomic mass is 10.2. The van der Waals surface area contributed by atoms with E-state index in [1.165, 1.54) is 18.3 Å². The molecular weight excluding hydrogens is 420 g/mol. The van der Waals surface area contributed by atoms with Gasteiger partial charge in [-0.3, -0.25) is 4.98 Å². The molecule has 0 fully saturated rings. The normalized spacial score (nSPS) is 11.2. The first-order valence-corrected chi connectivity index (χ1v) is 9.51. The summed E-state index contributed by atoms with van der Waals surface area (Å²) in [5.41, 5.74) is 2.62. The highest BCUT2D eigenvalue weighted by Crippen LogP contribution is 2.25. The zero-order chi connectivity index (χ0) is 21.9. The SMILES string of the molecule is FC(F)Oc1ccc(-c2nnc3cncc(OCc4cn(-c5ccccc5)nn4)n23)cc1. The zero-order valence-electron chi connectivity index (χ0n) is 16.4. The minimum Gasteiger partial charge on any atom is -0.471 e. The average Bonchev–Trinajstić information content (AvgIpc) is 3.46. The van der Waals surface area contributed by atoms with Crippen molar-refractivity contribution in [3.05, 3.63) is 78.9 Å². The zero-order valence-corrected chi connectivity index (χ0v) is 16.4. The van der Waals surface area contributed by atoms with Crippen molar-refractivity contribution < 1.29 is 18.3 Å². The molecule has 5 aromatic rings. The average molecular weight is 435 g/mol. The lowest BCUT2D eigenvalue weighted by Gasteiger charge is -2.09. The fraction of sp³-hybridized carbons (Fsp3) is 0.0952. The molecule has 0 atom stereocenters. The van der Waals surface area contributed by atoms with E-state index in [1.807, 2.05) is 30.3 Å². The van der Waals surface area contributed by atoms with Crippen molar-refractivity contribution in [2.75, 3.05) is 0 Å². The molecule has 2 aromatic carbocycles. The van der Waals surface area contributed by atoms with Gasteiger partial charge in [-0.05, 0) is 36.4 Å². The summed E-state index contributed by atoms with van der Waals surface area (Å²) in [4.78, 5) is 4.14. The maximum Gasteiger partial charge on any atom is 0.387 e. The van der Waals surface area contributed by atoms with Crippen molar-refractivity contribution in [2.45, 2.75) is 13.2 Å². The second kappa shape index (κ2) is 8.38. The molecule has 3 heterocycles. The first-order chi connectivity index (χ1) is 15.7. The van der Waals surface area contributed by atoms with Crippen molar-refractivity contribution in [2.24, 2.45) is 0 Å². The monoisotopic (exact) mass is 435 g/mol. The predicted octanol–water partition coefficient (Wildman–Crippen LogP) is 3.55. The number of hydrogen-bond acceptors (Lipinski definition) is 7. The van der Waals surface area contributed by atoms with Crippen LogP contribution in [0.25, 0.3) is 22.7 Å². The summed E-state index contributed by atoms with van der Waals surface area (Å²) in [5, 5.41) is 16.6. The van der Waals surface area contributed by atoms with Crippen molar-refractivity contribution >= 4 is 5.65 Å². The van der Waals surface area contributed by atoms with Gasteiger partial charge in [-0.15, -0.1) is 15.3 Å². The van der Waals surface area contributed by atoms with E-state index in [0.717, 1.165) is 5.69 Å². The molecule has 0 aliphatic carbocycles. The lowest BCUT2D eigenvalue weighted by molar-refractivity contribution is -0.0498. The van der Waals surface area contributed by atoms with Gasteiger partial charge < -0.3 is 9.47 Å². The van der Waals surface area contributed by atoms with Gasteiger partial charge in [0.05, 0.1) is 24.3 Å². The van der Waals surface area contributed by atoms with Crippen LogP contribution in [0, 0.1) is 0 Å². The molecule has 9 nitrogen and oxygen atoms in total. The number of nitrogens with zero attached hydrogens (tertiary/aromatic N) is 7. The molecule has 0 spiro atoms. The van der Waals surface area contributed by atoms with E-state index in [-0.39, 0.29) is 12.4 Å². The van der Waals surface area contributed by atoms with Gasteiger partial charge in [-0.25, -0.2) is 9.08 Å². The number of benzene rings is 2. The minimum absolute atomic E-state index is 0.0530. The molecule has 32 heavy (non-hydrogen) atoms. The quantitative estimate of drug-likeness (QED) is 0.386. The smallest absolute Gasteiger partial charge is 0.387 e. The van der Waals surface area contributed by atoms with Crippen molar-refractivity contribution in [3.8, 4) is 28.7 Å². The second-order valence-electron chi connectivity index (χ2n) is 6.64. The first-order valence-electron chi connectivity index (χ1n) is 9.51. The Labute approximate surface area is 179 Å². The number of aromatic nitrogens is 7. The fourth-order valence-corrected chi connectivity index (χ4v) is 3.12. The second-order valence-corrected chi connectivity index (χ2v) is 6.64. The van der Waals surface area contributed by atoms with Crippen LogP contribution in [0.2, 0.25) is 0 Å². The third-order valence-corrected chi connectivity index (χ3v) is 4.55. The van der Waals surface area contributed by atoms with Gasteiger partial charge in [0.1, 0.15) is 18.1 Å². The molecule has 11 heteroatoms. The van der Waals surface area contributed by atoms with Crippen LogP contribution in [0.5, 0.6) is 11.6 Å². The molecule has 3 aromatic heterocycles. The Morgan fingerprint density at radius 1 is 0.906 bits per heavy atom. The van der Waals surface area contributed by atoms with E-state index < -0.39 is 6.61 Å². The maximum absolute atomic E-state index is 12.4. The minimum atomic E-state index is -2.89. The molecule has 0 radical (unpaired) electrons. The summed E-state index contributed by atoms with van der Waals surface area (Å²) in [6.07, 6.45) is 4.86. The molecule has 0 saturated heterocycles. The Morgan fingerprint density at radius 3 is 2.50 bits per heavy atom. The molecule has 0 N–H and O–H groups in total. The van der Waals surface area contributed by atoms with Crippen LogP contribution in [-0.2, 0) is 6.61 Å². The van der Waals surface area contributed by atoms with Gasteiger partial charge in [0.2, 0.25) is 5.88 Å². The molecule has 0 amide bonds. The van der Waals surface area contributed by atoms with Gasteiger partial charge in [0, 0.05) is 5.56 Å². The van der Waals surface area contributed by atoms with E-state index in [2.05, 4.69) is 30.2 Å². The summed E-state index contributed by atoms with van der Waals surface area (Å²) >= 11 is 0. The van der Waals surface area contributed by atoms with Crippen LogP contribution in [0.1, 0.15) is 5.69 Å². The topological polar surface area (TPSA) is 92.3 Å². The molecule has 0 aliphatic rings. The van der Waals surface area contributed by atoms with Gasteiger partial charge in [0.25, 0.3) is 0 Å². The Balaban J connectivity index is 1.39. The van der Waals surface area contributed by atoms with Crippen LogP contribution in [0.3, 0.4) is 0 Å². The number of ether oxygens (including phenoxy) is 2. The predicted molar refractivity (Wildman–Crippen MR) is 109 cm³/mol. The lowest BCUT2D eigenvalue weighted by Crippen LogP contribution is -2.03. The highest BCUT2D eigenvalue weighted by molar-refractivity contribution is 5.61. The van der Waals surface area contributed by atoms with Crippen LogP contribution in [0.4, 0.5) is 8.78 Å². The third-order valence-electron chi connectivity index (χ3n) is 4.55. The Morgan fingerprint density at radius 2 is 1.72 bits per heavy atom. The summed E-state index contributed by atoms with van der Waals surface area (Å²) < 4.78 is 38.5. The Kier molecular flexibility index (Phi) is 5.12. The van der Waals surface area contributed by atoms with Crippen molar-refractivity contribution in [1.82, 2.24) is 34.6 Å². The van der Waals surface area contributed by atoms with E-state index in [1.54, 1.807) is 33.6 Å². The standard InChI is InChI=1S/C21H15F2N7O2/c22-21(23)32-17-8-6-14(7-9-17)20-27-26-18-10-24-11-19(30(18)20)31-13-15-12-29(28-25-15)16-4-2-1-3-5-16/h1-12,21H,13H2. The van der Waals surface area contributed by atoms with Crippen molar-refractivity contribution in [3.63, 3.8) is 0 Å². The summed E-state index contributed by atoms with van der Waals surface area (Å²) in [5.74, 6) is 0.913. The van der Waals surface area contributed by atoms with Gasteiger partial charge >= 0.3 is 6.61 Å². The van der Waals surface area contributed by atoms with E-state index in [4.69, 9.17) is 4.74 Å². The van der Waals surface area contributed by atoms with E-state index in [9.17, 15) is 8.78 Å². The third kappa shape index (κ3) is 3.95. The Hall–Kier alpha value is -4.41. The van der Waals surface area contributed by atoms with Crippen LogP contribution < -0.4 is 9.47 Å². The highest BCUT2D eigenvalue weighted by atomic mass is 19.3. The fourth-order valence-electron chi connectivity index (χ4n) is 3.12. The van der Waals surface area contributed by atoms with Gasteiger partial charge in [-0.2, -0.15) is 8.78 Å². The molecule has 0 saturated carbocycles. The van der Waals surface area contributed by atoms with E-state index in [0.29, 0.717) is 28.6 Å². The largest absolute Gasteiger partial charge is 0.471 e. The number of rotatable bonds is 7. The van der Waals surface area contributed by atoms with E-state index >= 15 is 0 Å². The molecule has 160 valence electrons. The van der Waals surface area contributed by atoms with Crippen LogP contribution in [0.15, 0.2) is 73.2 Å². The summed E-state index contributed by atoms with van der Waals surface area (Å²) in [6.45, 7) is -2.74. The first kappa shape index (κ1) is 19.5. The van der Waals surface area contributed by atoms with Crippen molar-refractivity contribution in [1.29, 1.82) is 0 Å². The highest BCUT2D eigenvalue weighted by Gasteiger charge is 2.14. The van der Waals surface area contributed by atoms with Gasteiger partial charge in [0.15, 0.2) is 11.5 Å².